The highest BCUT2D eigenvalue weighted by Crippen LogP contribution is 2.12. The summed E-state index contributed by atoms with van der Waals surface area (Å²) in [5.41, 5.74) is 0. The zero-order valence-corrected chi connectivity index (χ0v) is 7.02. The average molecular weight is 166 g/mol. The number of nitrogens with zero attached hydrogens (tertiary/aromatic N) is 2. The molecule has 1 aromatic rings. The molecule has 4 heteroatoms. The van der Waals surface area contributed by atoms with Gasteiger partial charge < -0.3 is 9.64 Å². The number of ether oxygens (including phenoxy) is 1. The Kier molecular flexibility index (Phi) is 2.63. The quantitative estimate of drug-likeness (QED) is 0.620. The van der Waals surface area contributed by atoms with Crippen molar-refractivity contribution in [1.29, 1.82) is 0 Å². The highest BCUT2D eigenvalue weighted by atomic mass is 16.5. The number of carbonyl (C=O) groups is 1. The number of aromatic nitrogens is 1. The maximum atomic E-state index is 10.4. The van der Waals surface area contributed by atoms with Crippen LogP contribution in [0.15, 0.2) is 18.2 Å². The molecule has 1 amide bonds. The molecular weight excluding hydrogens is 156 g/mol. The number of methoxy groups -OCH3 is 1. The molecule has 0 aliphatic carbocycles. The first-order valence-corrected chi connectivity index (χ1v) is 3.47. The van der Waals surface area contributed by atoms with Crippen LogP contribution in [0.2, 0.25) is 0 Å². The van der Waals surface area contributed by atoms with Crippen molar-refractivity contribution in [1.82, 2.24) is 4.98 Å². The van der Waals surface area contributed by atoms with Gasteiger partial charge in [-0.05, 0) is 6.07 Å². The van der Waals surface area contributed by atoms with Crippen LogP contribution >= 0.6 is 0 Å². The summed E-state index contributed by atoms with van der Waals surface area (Å²) in [6.45, 7) is 0. The van der Waals surface area contributed by atoms with Crippen molar-refractivity contribution in [3.05, 3.63) is 18.2 Å². The third kappa shape index (κ3) is 1.72. The monoisotopic (exact) mass is 166 g/mol. The van der Waals surface area contributed by atoms with E-state index in [1.54, 1.807) is 25.2 Å². The van der Waals surface area contributed by atoms with E-state index in [1.807, 2.05) is 0 Å². The predicted molar refractivity (Wildman–Crippen MR) is 45.3 cm³/mol. The van der Waals surface area contributed by atoms with Gasteiger partial charge in [0.1, 0.15) is 5.82 Å². The van der Waals surface area contributed by atoms with E-state index in [-0.39, 0.29) is 0 Å². The topological polar surface area (TPSA) is 42.4 Å². The van der Waals surface area contributed by atoms with Gasteiger partial charge in [0.05, 0.1) is 7.11 Å². The summed E-state index contributed by atoms with van der Waals surface area (Å²) in [7, 11) is 3.17. The fourth-order valence-electron chi connectivity index (χ4n) is 0.768. The van der Waals surface area contributed by atoms with Crippen LogP contribution in [-0.4, -0.2) is 25.6 Å². The van der Waals surface area contributed by atoms with Gasteiger partial charge in [-0.25, -0.2) is 0 Å². The molecule has 0 aliphatic heterocycles. The second-order valence-corrected chi connectivity index (χ2v) is 2.25. The summed E-state index contributed by atoms with van der Waals surface area (Å²) in [6, 6.07) is 5.24. The van der Waals surface area contributed by atoms with Gasteiger partial charge in [-0.1, -0.05) is 6.07 Å². The van der Waals surface area contributed by atoms with Crippen molar-refractivity contribution in [3.8, 4) is 5.88 Å². The third-order valence-electron chi connectivity index (χ3n) is 1.44. The Morgan fingerprint density at radius 1 is 1.58 bits per heavy atom. The van der Waals surface area contributed by atoms with Gasteiger partial charge >= 0.3 is 0 Å². The molecule has 0 fully saturated rings. The van der Waals surface area contributed by atoms with Crippen LogP contribution in [-0.2, 0) is 4.79 Å². The Morgan fingerprint density at radius 2 is 2.33 bits per heavy atom. The van der Waals surface area contributed by atoms with Gasteiger partial charge in [-0.2, -0.15) is 4.98 Å². The lowest BCUT2D eigenvalue weighted by molar-refractivity contribution is -0.107. The Labute approximate surface area is 70.8 Å². The zero-order valence-electron chi connectivity index (χ0n) is 7.02. The summed E-state index contributed by atoms with van der Waals surface area (Å²) in [5.74, 6) is 1.07. The van der Waals surface area contributed by atoms with Crippen LogP contribution in [0.3, 0.4) is 0 Å². The molecule has 0 saturated carbocycles. The highest BCUT2D eigenvalue weighted by Gasteiger charge is 2.00. The summed E-state index contributed by atoms with van der Waals surface area (Å²) < 4.78 is 4.90. The Bertz CT molecular complexity index is 276. The van der Waals surface area contributed by atoms with Crippen LogP contribution in [0.25, 0.3) is 0 Å². The summed E-state index contributed by atoms with van der Waals surface area (Å²) in [4.78, 5) is 15.8. The number of pyridine rings is 1. The van der Waals surface area contributed by atoms with Crippen molar-refractivity contribution < 1.29 is 9.53 Å². The van der Waals surface area contributed by atoms with E-state index in [9.17, 15) is 4.79 Å². The third-order valence-corrected chi connectivity index (χ3v) is 1.44. The largest absolute Gasteiger partial charge is 0.481 e. The lowest BCUT2D eigenvalue weighted by atomic mass is 10.4. The fourth-order valence-corrected chi connectivity index (χ4v) is 0.768. The molecule has 1 rings (SSSR count). The number of hydrogen-bond donors (Lipinski definition) is 0. The molecule has 0 N–H and O–H groups in total. The molecule has 1 aromatic heterocycles. The van der Waals surface area contributed by atoms with Crippen LogP contribution in [0.1, 0.15) is 0 Å². The molecule has 4 nitrogen and oxygen atoms in total. The number of amides is 1. The van der Waals surface area contributed by atoms with Crippen molar-refractivity contribution in [2.75, 3.05) is 19.1 Å². The lowest BCUT2D eigenvalue weighted by Crippen LogP contribution is -2.15. The number of hydrogen-bond acceptors (Lipinski definition) is 3. The van der Waals surface area contributed by atoms with Crippen molar-refractivity contribution in [3.63, 3.8) is 0 Å². The first kappa shape index (κ1) is 8.52. The van der Waals surface area contributed by atoms with Crippen LogP contribution in [0, 0.1) is 0 Å². The van der Waals surface area contributed by atoms with E-state index in [4.69, 9.17) is 4.74 Å². The van der Waals surface area contributed by atoms with Crippen LogP contribution in [0.4, 0.5) is 5.82 Å². The summed E-state index contributed by atoms with van der Waals surface area (Å²) >= 11 is 0. The molecule has 1 heterocycles. The van der Waals surface area contributed by atoms with Gasteiger partial charge in [-0.15, -0.1) is 0 Å². The lowest BCUT2D eigenvalue weighted by Gasteiger charge is -2.09. The predicted octanol–water partition coefficient (Wildman–Crippen LogP) is 0.683. The minimum atomic E-state index is 0.501. The van der Waals surface area contributed by atoms with E-state index in [1.165, 1.54) is 12.0 Å². The first-order chi connectivity index (χ1) is 5.77. The molecule has 0 bridgehead atoms. The molecule has 0 spiro atoms. The van der Waals surface area contributed by atoms with E-state index < -0.39 is 0 Å². The second-order valence-electron chi connectivity index (χ2n) is 2.25. The van der Waals surface area contributed by atoms with Crippen molar-refractivity contribution >= 4 is 12.2 Å². The Hall–Kier alpha value is -1.58. The van der Waals surface area contributed by atoms with Crippen molar-refractivity contribution in [2.24, 2.45) is 0 Å². The Balaban J connectivity index is 2.93. The minimum Gasteiger partial charge on any atom is -0.481 e. The van der Waals surface area contributed by atoms with Gasteiger partial charge in [0.25, 0.3) is 0 Å². The maximum absolute atomic E-state index is 10.4. The highest BCUT2D eigenvalue weighted by molar-refractivity contribution is 5.71. The van der Waals surface area contributed by atoms with Crippen LogP contribution < -0.4 is 9.64 Å². The molecule has 64 valence electrons. The van der Waals surface area contributed by atoms with E-state index in [0.29, 0.717) is 18.1 Å². The maximum Gasteiger partial charge on any atom is 0.215 e. The van der Waals surface area contributed by atoms with Crippen molar-refractivity contribution in [2.45, 2.75) is 0 Å². The number of anilines is 1. The number of carbonyl (C=O) groups excluding carboxylic acids is 1. The normalized spacial score (nSPS) is 9.17. The smallest absolute Gasteiger partial charge is 0.215 e. The van der Waals surface area contributed by atoms with Gasteiger partial charge in [0.15, 0.2) is 0 Å². The molecule has 12 heavy (non-hydrogen) atoms. The first-order valence-electron chi connectivity index (χ1n) is 3.47. The van der Waals surface area contributed by atoms with E-state index >= 15 is 0 Å². The van der Waals surface area contributed by atoms with Crippen LogP contribution in [0.5, 0.6) is 5.88 Å². The summed E-state index contributed by atoms with van der Waals surface area (Å²) in [6.07, 6.45) is 0.696. The molecule has 0 aliphatic rings. The second kappa shape index (κ2) is 3.71. The molecule has 0 unspecified atom stereocenters. The standard InChI is InChI=1S/C8H10N2O2/c1-10(6-11)7-4-3-5-8(9-7)12-2/h3-6H,1-2H3. The molecule has 0 radical (unpaired) electrons. The Morgan fingerprint density at radius 3 is 2.92 bits per heavy atom. The summed E-state index contributed by atoms with van der Waals surface area (Å²) in [5, 5.41) is 0. The fraction of sp³-hybridized carbons (Fsp3) is 0.250. The van der Waals surface area contributed by atoms with Gasteiger partial charge in [-0.3, -0.25) is 4.79 Å². The van der Waals surface area contributed by atoms with E-state index in [0.717, 1.165) is 0 Å². The SMILES string of the molecule is COc1cccc(N(C)C=O)n1. The average Bonchev–Trinajstić information content (AvgIpc) is 2.17. The zero-order chi connectivity index (χ0) is 8.97. The molecule has 0 saturated heterocycles. The van der Waals surface area contributed by atoms with Gasteiger partial charge in [0.2, 0.25) is 12.3 Å². The van der Waals surface area contributed by atoms with Gasteiger partial charge in [0, 0.05) is 13.1 Å². The molecule has 0 aromatic carbocycles. The number of rotatable bonds is 3. The minimum absolute atomic E-state index is 0.501. The molecule has 0 atom stereocenters. The van der Waals surface area contributed by atoms with E-state index in [2.05, 4.69) is 4.98 Å². The molecular formula is C8H10N2O2.